The Balaban J connectivity index is 1.61. The first-order valence-corrected chi connectivity index (χ1v) is 8.67. The van der Waals surface area contributed by atoms with Gasteiger partial charge in [-0.3, -0.25) is 4.79 Å². The number of likely N-dealkylation sites (tertiary alicyclic amines) is 1. The van der Waals surface area contributed by atoms with Crippen LogP contribution in [-0.2, 0) is 4.74 Å². The van der Waals surface area contributed by atoms with Crippen molar-refractivity contribution in [1.82, 2.24) is 9.88 Å². The van der Waals surface area contributed by atoms with Gasteiger partial charge in [0.15, 0.2) is 12.2 Å². The monoisotopic (exact) mass is 328 g/mol. The minimum atomic E-state index is 0.0928. The van der Waals surface area contributed by atoms with E-state index in [4.69, 9.17) is 9.15 Å². The number of oxazole rings is 1. The average Bonchev–Trinajstić information content (AvgIpc) is 3.06. The van der Waals surface area contributed by atoms with Crippen LogP contribution in [-0.4, -0.2) is 41.6 Å². The van der Waals surface area contributed by atoms with Gasteiger partial charge in [-0.2, -0.15) is 0 Å². The Bertz CT molecular complexity index is 637. The van der Waals surface area contributed by atoms with Gasteiger partial charge in [-0.15, -0.1) is 0 Å². The van der Waals surface area contributed by atoms with Gasteiger partial charge in [0.25, 0.3) is 5.91 Å². The van der Waals surface area contributed by atoms with Crippen LogP contribution in [0.25, 0.3) is 11.3 Å². The van der Waals surface area contributed by atoms with Crippen molar-refractivity contribution >= 4 is 5.91 Å². The van der Waals surface area contributed by atoms with E-state index < -0.39 is 0 Å². The summed E-state index contributed by atoms with van der Waals surface area (Å²) in [6.45, 7) is 4.49. The Morgan fingerprint density at radius 2 is 2.12 bits per heavy atom. The summed E-state index contributed by atoms with van der Waals surface area (Å²) in [5.74, 6) is 0.801. The summed E-state index contributed by atoms with van der Waals surface area (Å²) in [4.78, 5) is 18.6. The minimum absolute atomic E-state index is 0.0928. The fourth-order valence-electron chi connectivity index (χ4n) is 3.04. The van der Waals surface area contributed by atoms with Gasteiger partial charge in [-0.05, 0) is 37.8 Å². The highest BCUT2D eigenvalue weighted by Gasteiger charge is 2.21. The standard InChI is InChI=1S/C19H24N2O3/c1-2-12-23-17-4-3-10-21(11-9-17)19(22)16-7-5-15(6-8-16)18-13-20-14-24-18/h5-8,13-14,17H,2-4,9-12H2,1H3. The van der Waals surface area contributed by atoms with Crippen LogP contribution >= 0.6 is 0 Å². The molecule has 2 aromatic rings. The zero-order chi connectivity index (χ0) is 16.8. The van der Waals surface area contributed by atoms with Crippen molar-refractivity contribution in [3.63, 3.8) is 0 Å². The Morgan fingerprint density at radius 3 is 2.83 bits per heavy atom. The van der Waals surface area contributed by atoms with Crippen molar-refractivity contribution < 1.29 is 13.9 Å². The second-order valence-corrected chi connectivity index (χ2v) is 6.16. The van der Waals surface area contributed by atoms with Crippen LogP contribution in [0.3, 0.4) is 0 Å². The largest absolute Gasteiger partial charge is 0.444 e. The number of carbonyl (C=O) groups is 1. The van der Waals surface area contributed by atoms with E-state index in [0.29, 0.717) is 11.3 Å². The van der Waals surface area contributed by atoms with E-state index in [2.05, 4.69) is 11.9 Å². The number of ether oxygens (including phenoxy) is 1. The van der Waals surface area contributed by atoms with Gasteiger partial charge >= 0.3 is 0 Å². The molecule has 5 nitrogen and oxygen atoms in total. The van der Waals surface area contributed by atoms with E-state index in [9.17, 15) is 4.79 Å². The molecule has 0 spiro atoms. The molecule has 2 heterocycles. The van der Waals surface area contributed by atoms with Crippen molar-refractivity contribution in [1.29, 1.82) is 0 Å². The summed E-state index contributed by atoms with van der Waals surface area (Å²) >= 11 is 0. The first-order chi connectivity index (χ1) is 11.8. The maximum atomic E-state index is 12.7. The summed E-state index contributed by atoms with van der Waals surface area (Å²) in [5.41, 5.74) is 1.64. The van der Waals surface area contributed by atoms with Gasteiger partial charge in [-0.25, -0.2) is 4.98 Å². The summed E-state index contributed by atoms with van der Waals surface area (Å²) < 4.78 is 11.1. The number of hydrogen-bond donors (Lipinski definition) is 0. The predicted octanol–water partition coefficient (Wildman–Crippen LogP) is 3.76. The molecule has 1 aromatic heterocycles. The maximum absolute atomic E-state index is 12.7. The fourth-order valence-corrected chi connectivity index (χ4v) is 3.04. The number of rotatable bonds is 5. The Kier molecular flexibility index (Phi) is 5.64. The molecule has 1 atom stereocenters. The number of nitrogens with zero attached hydrogens (tertiary/aromatic N) is 2. The molecule has 24 heavy (non-hydrogen) atoms. The SMILES string of the molecule is CCCOC1CCCN(C(=O)c2ccc(-c3cnco3)cc2)CC1. The van der Waals surface area contributed by atoms with Crippen molar-refractivity contribution in [3.8, 4) is 11.3 Å². The normalized spacial score (nSPS) is 18.4. The average molecular weight is 328 g/mol. The van der Waals surface area contributed by atoms with Gasteiger partial charge in [0.2, 0.25) is 0 Å². The summed E-state index contributed by atoms with van der Waals surface area (Å²) in [6.07, 6.45) is 7.35. The maximum Gasteiger partial charge on any atom is 0.253 e. The van der Waals surface area contributed by atoms with E-state index in [1.54, 1.807) is 6.20 Å². The lowest BCUT2D eigenvalue weighted by Gasteiger charge is -2.21. The molecule has 5 heteroatoms. The molecule has 1 saturated heterocycles. The summed E-state index contributed by atoms with van der Waals surface area (Å²) in [5, 5.41) is 0. The second kappa shape index (κ2) is 8.11. The molecule has 128 valence electrons. The van der Waals surface area contributed by atoms with Gasteiger partial charge in [0.1, 0.15) is 0 Å². The van der Waals surface area contributed by atoms with E-state index in [1.165, 1.54) is 6.39 Å². The van der Waals surface area contributed by atoms with Crippen molar-refractivity contribution in [3.05, 3.63) is 42.4 Å². The van der Waals surface area contributed by atoms with Crippen LogP contribution in [0, 0.1) is 0 Å². The quantitative estimate of drug-likeness (QED) is 0.838. The van der Waals surface area contributed by atoms with Gasteiger partial charge in [0.05, 0.1) is 12.3 Å². The first kappa shape index (κ1) is 16.7. The molecule has 0 aliphatic carbocycles. The minimum Gasteiger partial charge on any atom is -0.444 e. The predicted molar refractivity (Wildman–Crippen MR) is 91.7 cm³/mol. The first-order valence-electron chi connectivity index (χ1n) is 8.67. The Labute approximate surface area is 142 Å². The fraction of sp³-hybridized carbons (Fsp3) is 0.474. The molecule has 3 rings (SSSR count). The molecule has 1 unspecified atom stereocenters. The van der Waals surface area contributed by atoms with Crippen molar-refractivity contribution in [2.24, 2.45) is 0 Å². The second-order valence-electron chi connectivity index (χ2n) is 6.16. The zero-order valence-electron chi connectivity index (χ0n) is 14.1. The Morgan fingerprint density at radius 1 is 1.29 bits per heavy atom. The van der Waals surface area contributed by atoms with Gasteiger partial charge in [0, 0.05) is 30.8 Å². The highest BCUT2D eigenvalue weighted by atomic mass is 16.5. The van der Waals surface area contributed by atoms with Crippen LogP contribution in [0.2, 0.25) is 0 Å². The van der Waals surface area contributed by atoms with Crippen LogP contribution < -0.4 is 0 Å². The van der Waals surface area contributed by atoms with E-state index >= 15 is 0 Å². The van der Waals surface area contributed by atoms with E-state index in [-0.39, 0.29) is 12.0 Å². The highest BCUT2D eigenvalue weighted by molar-refractivity contribution is 5.94. The molecule has 1 aliphatic heterocycles. The molecule has 0 N–H and O–H groups in total. The van der Waals surface area contributed by atoms with Crippen LogP contribution in [0.5, 0.6) is 0 Å². The van der Waals surface area contributed by atoms with Crippen LogP contribution in [0.15, 0.2) is 41.3 Å². The molecule has 1 aromatic carbocycles. The van der Waals surface area contributed by atoms with Crippen LogP contribution in [0.1, 0.15) is 43.0 Å². The third kappa shape index (κ3) is 4.03. The number of aromatic nitrogens is 1. The summed E-state index contributed by atoms with van der Waals surface area (Å²) in [7, 11) is 0. The number of carbonyl (C=O) groups excluding carboxylic acids is 1. The van der Waals surface area contributed by atoms with Crippen molar-refractivity contribution in [2.75, 3.05) is 19.7 Å². The lowest BCUT2D eigenvalue weighted by Crippen LogP contribution is -2.32. The smallest absolute Gasteiger partial charge is 0.253 e. The van der Waals surface area contributed by atoms with Crippen LogP contribution in [0.4, 0.5) is 0 Å². The highest BCUT2D eigenvalue weighted by Crippen LogP contribution is 2.21. The molecule has 0 saturated carbocycles. The third-order valence-electron chi connectivity index (χ3n) is 4.37. The lowest BCUT2D eigenvalue weighted by molar-refractivity contribution is 0.0432. The molecule has 1 fully saturated rings. The molecule has 1 aliphatic rings. The Hall–Kier alpha value is -2.14. The topological polar surface area (TPSA) is 55.6 Å². The van der Waals surface area contributed by atoms with E-state index in [0.717, 1.165) is 50.9 Å². The third-order valence-corrected chi connectivity index (χ3v) is 4.37. The summed E-state index contributed by atoms with van der Waals surface area (Å²) in [6, 6.07) is 7.52. The number of benzene rings is 1. The van der Waals surface area contributed by atoms with Gasteiger partial charge < -0.3 is 14.1 Å². The van der Waals surface area contributed by atoms with Crippen molar-refractivity contribution in [2.45, 2.75) is 38.7 Å². The lowest BCUT2D eigenvalue weighted by atomic mass is 10.1. The molecule has 1 amide bonds. The number of amides is 1. The van der Waals surface area contributed by atoms with E-state index in [1.807, 2.05) is 29.2 Å². The molecular weight excluding hydrogens is 304 g/mol. The molecule has 0 bridgehead atoms. The van der Waals surface area contributed by atoms with Gasteiger partial charge in [-0.1, -0.05) is 19.1 Å². The zero-order valence-corrected chi connectivity index (χ0v) is 14.1. The molecular formula is C19H24N2O3. The molecule has 0 radical (unpaired) electrons. The number of hydrogen-bond acceptors (Lipinski definition) is 4.